The van der Waals surface area contributed by atoms with Crippen molar-refractivity contribution in [3.05, 3.63) is 59.4 Å². The summed E-state index contributed by atoms with van der Waals surface area (Å²) >= 11 is 0. The fourth-order valence-corrected chi connectivity index (χ4v) is 5.59. The third-order valence-electron chi connectivity index (χ3n) is 7.74. The number of anilines is 1. The number of pyridine rings is 1. The maximum Gasteiger partial charge on any atom is 0.407 e. The van der Waals surface area contributed by atoms with Gasteiger partial charge in [0.2, 0.25) is 0 Å². The molecule has 0 radical (unpaired) electrons. The molecule has 32 heavy (non-hydrogen) atoms. The van der Waals surface area contributed by atoms with Crippen LogP contribution in [0.3, 0.4) is 0 Å². The van der Waals surface area contributed by atoms with Crippen LogP contribution in [-0.2, 0) is 13.0 Å². The second-order valence-corrected chi connectivity index (χ2v) is 9.38. The zero-order chi connectivity index (χ0) is 22.1. The van der Waals surface area contributed by atoms with Crippen LogP contribution in [0.4, 0.5) is 10.5 Å². The molecule has 1 spiro atoms. The van der Waals surface area contributed by atoms with Crippen molar-refractivity contribution in [2.24, 2.45) is 5.41 Å². The van der Waals surface area contributed by atoms with Gasteiger partial charge in [-0.2, -0.15) is 0 Å². The van der Waals surface area contributed by atoms with Crippen molar-refractivity contribution in [3.8, 4) is 0 Å². The van der Waals surface area contributed by atoms with Crippen molar-refractivity contribution >= 4 is 17.7 Å². The summed E-state index contributed by atoms with van der Waals surface area (Å²) < 4.78 is 0. The molecule has 0 aliphatic carbocycles. The van der Waals surface area contributed by atoms with E-state index in [4.69, 9.17) is 0 Å². The van der Waals surface area contributed by atoms with Crippen molar-refractivity contribution in [3.63, 3.8) is 0 Å². The molecule has 0 unspecified atom stereocenters. The van der Waals surface area contributed by atoms with Crippen LogP contribution in [0.1, 0.15) is 47.2 Å². The van der Waals surface area contributed by atoms with Gasteiger partial charge in [-0.1, -0.05) is 12.1 Å². The van der Waals surface area contributed by atoms with E-state index in [1.807, 2.05) is 35.5 Å². The number of hydrogen-bond acceptors (Lipinski definition) is 4. The summed E-state index contributed by atoms with van der Waals surface area (Å²) in [6.07, 6.45) is 7.84. The van der Waals surface area contributed by atoms with Crippen LogP contribution in [0.2, 0.25) is 0 Å². The highest BCUT2D eigenvalue weighted by molar-refractivity contribution is 5.96. The summed E-state index contributed by atoms with van der Waals surface area (Å²) in [5.41, 5.74) is 4.24. The van der Waals surface area contributed by atoms with Gasteiger partial charge in [0.15, 0.2) is 0 Å². The largest absolute Gasteiger partial charge is 0.465 e. The van der Waals surface area contributed by atoms with Gasteiger partial charge in [-0.3, -0.25) is 9.78 Å². The van der Waals surface area contributed by atoms with Crippen molar-refractivity contribution in [1.29, 1.82) is 0 Å². The van der Waals surface area contributed by atoms with Gasteiger partial charge in [-0.15, -0.1) is 0 Å². The van der Waals surface area contributed by atoms with Gasteiger partial charge in [0.25, 0.3) is 5.91 Å². The molecule has 3 aliphatic heterocycles. The van der Waals surface area contributed by atoms with E-state index < -0.39 is 6.09 Å². The predicted octanol–water partition coefficient (Wildman–Crippen LogP) is 3.64. The third-order valence-corrected chi connectivity index (χ3v) is 7.74. The molecule has 2 fully saturated rings. The average Bonchev–Trinajstić information content (AvgIpc) is 2.84. The Bertz CT molecular complexity index is 992. The predicted molar refractivity (Wildman–Crippen MR) is 122 cm³/mol. The van der Waals surface area contributed by atoms with Gasteiger partial charge in [-0.05, 0) is 66.8 Å². The van der Waals surface area contributed by atoms with E-state index >= 15 is 0 Å². The monoisotopic (exact) mass is 434 g/mol. The first-order chi connectivity index (χ1) is 15.5. The number of carboxylic acid groups (broad SMARTS) is 1. The lowest BCUT2D eigenvalue weighted by Gasteiger charge is -2.47. The molecule has 2 amide bonds. The van der Waals surface area contributed by atoms with Crippen molar-refractivity contribution in [2.75, 3.05) is 37.6 Å². The van der Waals surface area contributed by atoms with E-state index in [1.54, 1.807) is 0 Å². The molecule has 3 aliphatic rings. The molecule has 0 saturated carbocycles. The second kappa shape index (κ2) is 8.45. The Morgan fingerprint density at radius 3 is 2.25 bits per heavy atom. The van der Waals surface area contributed by atoms with Gasteiger partial charge in [0, 0.05) is 56.4 Å². The van der Waals surface area contributed by atoms with E-state index in [1.165, 1.54) is 10.6 Å². The Kier molecular flexibility index (Phi) is 5.49. The number of carbonyl (C=O) groups is 2. The molecule has 7 nitrogen and oxygen atoms in total. The molecule has 7 heteroatoms. The number of carbonyl (C=O) groups excluding carboxylic acids is 1. The molecule has 1 aromatic carbocycles. The first-order valence-electron chi connectivity index (χ1n) is 11.6. The van der Waals surface area contributed by atoms with E-state index in [2.05, 4.69) is 22.0 Å². The molecule has 2 saturated heterocycles. The number of fused-ring (bicyclic) bond motifs is 1. The lowest BCUT2D eigenvalue weighted by Crippen LogP contribution is -2.48. The molecule has 1 N–H and O–H groups in total. The molecule has 0 atom stereocenters. The number of hydrogen-bond donors (Lipinski definition) is 1. The molecular weight excluding hydrogens is 404 g/mol. The number of benzene rings is 1. The zero-order valence-electron chi connectivity index (χ0n) is 18.4. The first kappa shape index (κ1) is 20.8. The van der Waals surface area contributed by atoms with Crippen molar-refractivity contribution < 1.29 is 14.7 Å². The Hall–Kier alpha value is -3.09. The fraction of sp³-hybridized carbons (Fsp3) is 0.480. The minimum absolute atomic E-state index is 0.0539. The van der Waals surface area contributed by atoms with E-state index in [9.17, 15) is 14.7 Å². The molecule has 168 valence electrons. The lowest BCUT2D eigenvalue weighted by atomic mass is 9.71. The number of amides is 2. The summed E-state index contributed by atoms with van der Waals surface area (Å²) in [6, 6.07) is 9.97. The van der Waals surface area contributed by atoms with Crippen LogP contribution >= 0.6 is 0 Å². The van der Waals surface area contributed by atoms with Crippen molar-refractivity contribution in [1.82, 2.24) is 14.8 Å². The first-order valence-corrected chi connectivity index (χ1v) is 11.6. The second-order valence-electron chi connectivity index (χ2n) is 9.38. The number of likely N-dealkylation sites (tertiary alicyclic amines) is 1. The minimum Gasteiger partial charge on any atom is -0.465 e. The third kappa shape index (κ3) is 3.92. The number of piperidine rings is 2. The smallest absolute Gasteiger partial charge is 0.407 e. The van der Waals surface area contributed by atoms with Crippen LogP contribution in [0.5, 0.6) is 0 Å². The van der Waals surface area contributed by atoms with E-state index in [0.717, 1.165) is 63.0 Å². The molecule has 2 aromatic rings. The minimum atomic E-state index is -0.920. The molecular formula is C25H30N4O3. The van der Waals surface area contributed by atoms with Crippen molar-refractivity contribution in [2.45, 2.75) is 38.6 Å². The highest BCUT2D eigenvalue weighted by Crippen LogP contribution is 2.42. The summed E-state index contributed by atoms with van der Waals surface area (Å²) in [6.45, 7) is 4.45. The molecule has 1 aromatic heterocycles. The van der Waals surface area contributed by atoms with Crippen LogP contribution in [-0.4, -0.2) is 64.6 Å². The zero-order valence-corrected chi connectivity index (χ0v) is 18.4. The van der Waals surface area contributed by atoms with Crippen LogP contribution in [0, 0.1) is 5.41 Å². The maximum atomic E-state index is 13.4. The fourth-order valence-electron chi connectivity index (χ4n) is 5.59. The average molecular weight is 435 g/mol. The Labute approximate surface area is 188 Å². The van der Waals surface area contributed by atoms with E-state index in [-0.39, 0.29) is 5.91 Å². The Morgan fingerprint density at radius 2 is 1.56 bits per heavy atom. The SMILES string of the molecule is O=C(O)N1CCc2cccc(C(=O)N3CCC4(CC3)CCN(c3ccncc3)CC4)c2C1. The summed E-state index contributed by atoms with van der Waals surface area (Å²) in [5, 5.41) is 9.40. The normalized spacial score (nSPS) is 20.2. The molecule has 5 rings (SSSR count). The standard InChI is InChI=1S/C25H30N4O3/c30-23(21-3-1-2-19-6-13-29(24(31)32)18-22(19)21)28-16-9-25(10-17-28)7-14-27(15-8-25)20-4-11-26-12-5-20/h1-5,11-12H,6-10,13-18H2,(H,31,32). The summed E-state index contributed by atoms with van der Waals surface area (Å²) in [5.74, 6) is 0.0539. The quantitative estimate of drug-likeness (QED) is 0.781. The highest BCUT2D eigenvalue weighted by Gasteiger charge is 2.39. The van der Waals surface area contributed by atoms with Gasteiger partial charge in [0.1, 0.15) is 0 Å². The van der Waals surface area contributed by atoms with Gasteiger partial charge in [0.05, 0.1) is 6.54 Å². The maximum absolute atomic E-state index is 13.4. The number of nitrogens with zero attached hydrogens (tertiary/aromatic N) is 4. The molecule has 4 heterocycles. The number of aromatic nitrogens is 1. The van der Waals surface area contributed by atoms with Gasteiger partial charge < -0.3 is 19.8 Å². The summed E-state index contributed by atoms with van der Waals surface area (Å²) in [4.78, 5) is 34.8. The summed E-state index contributed by atoms with van der Waals surface area (Å²) in [7, 11) is 0. The highest BCUT2D eigenvalue weighted by atomic mass is 16.4. The Morgan fingerprint density at radius 1 is 0.875 bits per heavy atom. The lowest BCUT2D eigenvalue weighted by molar-refractivity contribution is 0.0512. The molecule has 0 bridgehead atoms. The van der Waals surface area contributed by atoms with Crippen LogP contribution < -0.4 is 4.90 Å². The van der Waals surface area contributed by atoms with Crippen LogP contribution in [0.25, 0.3) is 0 Å². The van der Waals surface area contributed by atoms with E-state index in [0.29, 0.717) is 30.5 Å². The van der Waals surface area contributed by atoms with Gasteiger partial charge in [-0.25, -0.2) is 4.79 Å². The Balaban J connectivity index is 1.23. The number of rotatable bonds is 2. The van der Waals surface area contributed by atoms with Crippen LogP contribution in [0.15, 0.2) is 42.7 Å². The van der Waals surface area contributed by atoms with Gasteiger partial charge >= 0.3 is 6.09 Å². The topological polar surface area (TPSA) is 77.0 Å².